The van der Waals surface area contributed by atoms with Crippen molar-refractivity contribution in [1.82, 2.24) is 4.98 Å². The van der Waals surface area contributed by atoms with Crippen LogP contribution in [0.3, 0.4) is 0 Å². The molecule has 1 aromatic heterocycles. The molecule has 3 heteroatoms. The van der Waals surface area contributed by atoms with Crippen LogP contribution >= 0.6 is 38.5 Å². The van der Waals surface area contributed by atoms with Crippen LogP contribution in [0.25, 0.3) is 0 Å². The fourth-order valence-electron chi connectivity index (χ4n) is 0.505. The molecule has 0 bridgehead atoms. The summed E-state index contributed by atoms with van der Waals surface area (Å²) < 4.78 is 2.11. The van der Waals surface area contributed by atoms with Crippen molar-refractivity contribution in [3.63, 3.8) is 0 Å². The summed E-state index contributed by atoms with van der Waals surface area (Å²) in [4.78, 5) is 4.05. The third-order valence-corrected chi connectivity index (χ3v) is 2.58. The van der Waals surface area contributed by atoms with Gasteiger partial charge < -0.3 is 0 Å². The van der Waals surface area contributed by atoms with Gasteiger partial charge in [0.05, 0.1) is 0 Å². The summed E-state index contributed by atoms with van der Waals surface area (Å²) in [5, 5.41) is 0. The summed E-state index contributed by atoms with van der Waals surface area (Å²) in [5.41, 5.74) is 1.26. The molecule has 0 aliphatic carbocycles. The second-order valence-electron chi connectivity index (χ2n) is 1.76. The number of halogens is 2. The summed E-state index contributed by atoms with van der Waals surface area (Å²) in [7, 11) is 0. The van der Waals surface area contributed by atoms with Crippen LogP contribution in [0.1, 0.15) is 5.56 Å². The van der Waals surface area contributed by atoms with Crippen LogP contribution in [0.5, 0.6) is 0 Å². The monoisotopic (exact) mass is 297 g/mol. The van der Waals surface area contributed by atoms with Crippen LogP contribution in [0.2, 0.25) is 0 Å². The highest BCUT2D eigenvalue weighted by Gasteiger charge is 1.93. The van der Waals surface area contributed by atoms with Gasteiger partial charge in [-0.1, -0.05) is 0 Å². The number of aromatic nitrogens is 1. The second kappa shape index (κ2) is 2.96. The lowest BCUT2D eigenvalue weighted by molar-refractivity contribution is 1.22. The molecule has 1 heterocycles. The zero-order valence-corrected chi connectivity index (χ0v) is 8.60. The number of pyridine rings is 1. The summed E-state index contributed by atoms with van der Waals surface area (Å²) in [6, 6.07) is 2.00. The van der Waals surface area contributed by atoms with E-state index in [2.05, 4.69) is 50.4 Å². The molecule has 0 N–H and O–H groups in total. The fraction of sp³-hybridized carbons (Fsp3) is 0.167. The van der Waals surface area contributed by atoms with Gasteiger partial charge in [0.15, 0.2) is 0 Å². The Kier molecular flexibility index (Phi) is 2.46. The predicted molar refractivity (Wildman–Crippen MR) is 49.4 cm³/mol. The van der Waals surface area contributed by atoms with Crippen molar-refractivity contribution >= 4 is 38.5 Å². The molecule has 0 amide bonds. The Balaban J connectivity index is 3.17. The molecule has 1 nitrogen and oxygen atoms in total. The Morgan fingerprint density at radius 3 is 2.78 bits per heavy atom. The Morgan fingerprint density at radius 1 is 1.67 bits per heavy atom. The number of hydrogen-bond acceptors (Lipinski definition) is 1. The maximum absolute atomic E-state index is 4.05. The van der Waals surface area contributed by atoms with E-state index in [4.69, 9.17) is 0 Å². The van der Waals surface area contributed by atoms with Crippen molar-refractivity contribution in [2.75, 3.05) is 0 Å². The highest BCUT2D eigenvalue weighted by molar-refractivity contribution is 14.1. The minimum atomic E-state index is 0.903. The quantitative estimate of drug-likeness (QED) is 0.530. The van der Waals surface area contributed by atoms with Crippen LogP contribution in [-0.2, 0) is 0 Å². The van der Waals surface area contributed by atoms with E-state index in [9.17, 15) is 0 Å². The Hall–Kier alpha value is 0.360. The van der Waals surface area contributed by atoms with Crippen molar-refractivity contribution in [3.05, 3.63) is 26.0 Å². The lowest BCUT2D eigenvalue weighted by Gasteiger charge is -1.94. The van der Waals surface area contributed by atoms with Gasteiger partial charge in [0.25, 0.3) is 0 Å². The molecule has 0 aliphatic heterocycles. The molecule has 48 valence electrons. The summed E-state index contributed by atoms with van der Waals surface area (Å²) in [6.45, 7) is 2.06. The Labute approximate surface area is 76.1 Å². The lowest BCUT2D eigenvalue weighted by Crippen LogP contribution is -1.81. The van der Waals surface area contributed by atoms with E-state index >= 15 is 0 Å². The SMILES string of the molecule is Cc1cc(Br)ncc1I. The van der Waals surface area contributed by atoms with Crippen LogP contribution in [0.15, 0.2) is 16.9 Å². The van der Waals surface area contributed by atoms with E-state index < -0.39 is 0 Å². The van der Waals surface area contributed by atoms with Gasteiger partial charge in [-0.25, -0.2) is 4.98 Å². The molecule has 0 spiro atoms. The van der Waals surface area contributed by atoms with Crippen molar-refractivity contribution in [2.45, 2.75) is 6.92 Å². The molecule has 0 saturated carbocycles. The molecule has 0 fully saturated rings. The number of nitrogens with zero attached hydrogens (tertiary/aromatic N) is 1. The average molecular weight is 298 g/mol. The van der Waals surface area contributed by atoms with Crippen LogP contribution in [-0.4, -0.2) is 4.98 Å². The third-order valence-electron chi connectivity index (χ3n) is 1.01. The van der Waals surface area contributed by atoms with Crippen molar-refractivity contribution in [2.24, 2.45) is 0 Å². The molecule has 0 aliphatic rings. The molecule has 0 radical (unpaired) electrons. The second-order valence-corrected chi connectivity index (χ2v) is 3.73. The normalized spacial score (nSPS) is 9.67. The van der Waals surface area contributed by atoms with E-state index in [-0.39, 0.29) is 0 Å². The van der Waals surface area contributed by atoms with Gasteiger partial charge in [-0.2, -0.15) is 0 Å². The summed E-state index contributed by atoms with van der Waals surface area (Å²) in [6.07, 6.45) is 1.85. The van der Waals surface area contributed by atoms with Gasteiger partial charge >= 0.3 is 0 Å². The van der Waals surface area contributed by atoms with Gasteiger partial charge in [0, 0.05) is 9.77 Å². The Bertz CT molecular complexity index is 224. The third kappa shape index (κ3) is 1.89. The minimum Gasteiger partial charge on any atom is -0.248 e. The first-order valence-electron chi connectivity index (χ1n) is 2.48. The zero-order valence-electron chi connectivity index (χ0n) is 4.86. The zero-order chi connectivity index (χ0) is 6.85. The summed E-state index contributed by atoms with van der Waals surface area (Å²) in [5.74, 6) is 0. The maximum atomic E-state index is 4.05. The first-order chi connectivity index (χ1) is 4.20. The lowest BCUT2D eigenvalue weighted by atomic mass is 10.3. The topological polar surface area (TPSA) is 12.9 Å². The number of aryl methyl sites for hydroxylation is 1. The number of rotatable bonds is 0. The smallest absolute Gasteiger partial charge is 0.106 e. The van der Waals surface area contributed by atoms with E-state index in [0.29, 0.717) is 0 Å². The largest absolute Gasteiger partial charge is 0.248 e. The van der Waals surface area contributed by atoms with Crippen molar-refractivity contribution in [3.8, 4) is 0 Å². The molecular weight excluding hydrogens is 293 g/mol. The minimum absolute atomic E-state index is 0.903. The van der Waals surface area contributed by atoms with Gasteiger partial charge in [0.2, 0.25) is 0 Å². The van der Waals surface area contributed by atoms with E-state index in [1.807, 2.05) is 12.3 Å². The summed E-state index contributed by atoms with van der Waals surface area (Å²) >= 11 is 5.54. The molecule has 0 unspecified atom stereocenters. The van der Waals surface area contributed by atoms with Gasteiger partial charge in [-0.05, 0) is 57.1 Å². The molecule has 9 heavy (non-hydrogen) atoms. The van der Waals surface area contributed by atoms with Crippen molar-refractivity contribution in [1.29, 1.82) is 0 Å². The van der Waals surface area contributed by atoms with E-state index in [1.54, 1.807) is 0 Å². The van der Waals surface area contributed by atoms with Crippen LogP contribution < -0.4 is 0 Å². The maximum Gasteiger partial charge on any atom is 0.106 e. The standard InChI is InChI=1S/C6H5BrIN/c1-4-2-6(7)9-3-5(4)8/h2-3H,1H3. The van der Waals surface area contributed by atoms with Gasteiger partial charge in [0.1, 0.15) is 4.60 Å². The number of hydrogen-bond donors (Lipinski definition) is 0. The highest BCUT2D eigenvalue weighted by Crippen LogP contribution is 2.13. The van der Waals surface area contributed by atoms with Crippen LogP contribution in [0, 0.1) is 10.5 Å². The average Bonchev–Trinajstić information content (AvgIpc) is 1.80. The Morgan fingerprint density at radius 2 is 2.33 bits per heavy atom. The van der Waals surface area contributed by atoms with E-state index in [1.165, 1.54) is 9.13 Å². The van der Waals surface area contributed by atoms with Crippen LogP contribution in [0.4, 0.5) is 0 Å². The van der Waals surface area contributed by atoms with Gasteiger partial charge in [-0.3, -0.25) is 0 Å². The van der Waals surface area contributed by atoms with Crippen molar-refractivity contribution < 1.29 is 0 Å². The molecule has 0 aromatic carbocycles. The first kappa shape index (κ1) is 7.47. The molecular formula is C6H5BrIN. The first-order valence-corrected chi connectivity index (χ1v) is 4.35. The predicted octanol–water partition coefficient (Wildman–Crippen LogP) is 2.76. The fourth-order valence-corrected chi connectivity index (χ4v) is 1.25. The van der Waals surface area contributed by atoms with E-state index in [0.717, 1.165) is 4.60 Å². The molecule has 1 aromatic rings. The highest BCUT2D eigenvalue weighted by atomic mass is 127. The molecule has 0 atom stereocenters. The molecule has 0 saturated heterocycles. The molecule has 1 rings (SSSR count). The van der Waals surface area contributed by atoms with Gasteiger partial charge in [-0.15, -0.1) is 0 Å².